The van der Waals surface area contributed by atoms with Crippen LogP contribution in [0.25, 0.3) is 10.8 Å². The number of carbonyl (C=O) groups is 1. The minimum Gasteiger partial charge on any atom is -0.475 e. The molecule has 0 aliphatic heterocycles. The molecule has 1 N–H and O–H groups in total. The number of methoxy groups -OCH3 is 1. The summed E-state index contributed by atoms with van der Waals surface area (Å²) in [5.41, 5.74) is 0.278. The maximum Gasteiger partial charge on any atom is 0.373 e. The summed E-state index contributed by atoms with van der Waals surface area (Å²) < 4.78 is 11.9. The van der Waals surface area contributed by atoms with Crippen molar-refractivity contribution < 1.29 is 19.1 Å². The third-order valence-corrected chi connectivity index (χ3v) is 5.27. The summed E-state index contributed by atoms with van der Waals surface area (Å²) in [6, 6.07) is 1.81. The van der Waals surface area contributed by atoms with E-state index in [4.69, 9.17) is 14.3 Å². The fourth-order valence-electron chi connectivity index (χ4n) is 1.31. The van der Waals surface area contributed by atoms with Crippen molar-refractivity contribution in [3.63, 3.8) is 0 Å². The Labute approximate surface area is 123 Å². The van der Waals surface area contributed by atoms with Gasteiger partial charge in [0.1, 0.15) is 5.69 Å². The van der Waals surface area contributed by atoms with Gasteiger partial charge in [0.15, 0.2) is 0 Å². The van der Waals surface area contributed by atoms with Crippen LogP contribution in [0.5, 0.6) is 0 Å². The standard InChI is InChI=1S/C10H7Br2NO4S/c1-16-3-5-7(10(14)15)17-9(13-5)6-2-4(11)8(12)18-6/h2H,3H2,1H3,(H,14,15). The predicted octanol–water partition coefficient (Wildman–Crippen LogP) is 3.77. The highest BCUT2D eigenvalue weighted by Crippen LogP contribution is 2.38. The number of nitrogens with zero attached hydrogens (tertiary/aromatic N) is 1. The first-order chi connectivity index (χ1) is 8.52. The Morgan fingerprint density at radius 3 is 2.83 bits per heavy atom. The van der Waals surface area contributed by atoms with E-state index in [-0.39, 0.29) is 24.0 Å². The zero-order valence-corrected chi connectivity index (χ0v) is 13.1. The molecule has 96 valence electrons. The molecule has 2 aromatic rings. The molecule has 0 saturated heterocycles. The lowest BCUT2D eigenvalue weighted by atomic mass is 10.3. The maximum atomic E-state index is 11.0. The summed E-state index contributed by atoms with van der Waals surface area (Å²) >= 11 is 8.11. The minimum absolute atomic E-state index is 0.0961. The summed E-state index contributed by atoms with van der Waals surface area (Å²) in [6.07, 6.45) is 0. The zero-order valence-electron chi connectivity index (χ0n) is 9.07. The first-order valence-corrected chi connectivity index (χ1v) is 7.10. The van der Waals surface area contributed by atoms with E-state index in [9.17, 15) is 4.79 Å². The van der Waals surface area contributed by atoms with Crippen molar-refractivity contribution in [2.45, 2.75) is 6.61 Å². The van der Waals surface area contributed by atoms with Crippen molar-refractivity contribution >= 4 is 49.2 Å². The first-order valence-electron chi connectivity index (χ1n) is 4.70. The molecule has 0 fully saturated rings. The molecule has 0 spiro atoms. The van der Waals surface area contributed by atoms with Crippen molar-refractivity contribution in [3.8, 4) is 10.8 Å². The van der Waals surface area contributed by atoms with Crippen molar-refractivity contribution in [1.82, 2.24) is 4.98 Å². The van der Waals surface area contributed by atoms with Crippen LogP contribution in [0.1, 0.15) is 16.2 Å². The average molecular weight is 397 g/mol. The second-order valence-electron chi connectivity index (χ2n) is 3.27. The van der Waals surface area contributed by atoms with Crippen molar-refractivity contribution in [1.29, 1.82) is 0 Å². The lowest BCUT2D eigenvalue weighted by Gasteiger charge is -1.92. The van der Waals surface area contributed by atoms with Crippen LogP contribution in [-0.4, -0.2) is 23.2 Å². The predicted molar refractivity (Wildman–Crippen MR) is 72.9 cm³/mol. The van der Waals surface area contributed by atoms with Gasteiger partial charge in [0.25, 0.3) is 0 Å². The highest BCUT2D eigenvalue weighted by Gasteiger charge is 2.21. The molecule has 0 bridgehead atoms. The van der Waals surface area contributed by atoms with Crippen molar-refractivity contribution in [3.05, 3.63) is 25.8 Å². The van der Waals surface area contributed by atoms with Gasteiger partial charge in [0, 0.05) is 11.6 Å². The molecule has 0 radical (unpaired) electrons. The van der Waals surface area contributed by atoms with Gasteiger partial charge in [-0.1, -0.05) is 0 Å². The van der Waals surface area contributed by atoms with E-state index < -0.39 is 5.97 Å². The average Bonchev–Trinajstić information content (AvgIpc) is 2.85. The number of halogens is 2. The molecule has 0 amide bonds. The van der Waals surface area contributed by atoms with Crippen LogP contribution in [-0.2, 0) is 11.3 Å². The number of aromatic carboxylic acids is 1. The Hall–Kier alpha value is -0.700. The molecule has 2 heterocycles. The van der Waals surface area contributed by atoms with Gasteiger partial charge in [-0.2, -0.15) is 0 Å². The fraction of sp³-hybridized carbons (Fsp3) is 0.200. The lowest BCUT2D eigenvalue weighted by molar-refractivity contribution is 0.0656. The molecule has 2 rings (SSSR count). The molecule has 0 saturated carbocycles. The number of ether oxygens (including phenoxy) is 1. The monoisotopic (exact) mass is 395 g/mol. The van der Waals surface area contributed by atoms with Crippen LogP contribution in [0.3, 0.4) is 0 Å². The summed E-state index contributed by atoms with van der Waals surface area (Å²) in [4.78, 5) is 15.9. The van der Waals surface area contributed by atoms with E-state index in [2.05, 4.69) is 36.8 Å². The number of carboxylic acid groups (broad SMARTS) is 1. The fourth-order valence-corrected chi connectivity index (χ4v) is 3.27. The van der Waals surface area contributed by atoms with Gasteiger partial charge in [-0.15, -0.1) is 11.3 Å². The molecular formula is C10H7Br2NO4S. The van der Waals surface area contributed by atoms with Crippen LogP contribution in [0, 0.1) is 0 Å². The molecule has 8 heteroatoms. The van der Waals surface area contributed by atoms with Crippen LogP contribution in [0.15, 0.2) is 18.7 Å². The normalized spacial score (nSPS) is 10.8. The number of oxazole rings is 1. The van der Waals surface area contributed by atoms with E-state index in [1.54, 1.807) is 0 Å². The summed E-state index contributed by atoms with van der Waals surface area (Å²) in [7, 11) is 1.47. The van der Waals surface area contributed by atoms with E-state index in [0.717, 1.165) is 13.1 Å². The first kappa shape index (κ1) is 13.7. The van der Waals surface area contributed by atoms with Crippen LogP contribution in [0.2, 0.25) is 0 Å². The van der Waals surface area contributed by atoms with E-state index >= 15 is 0 Å². The second kappa shape index (κ2) is 5.52. The number of thiophene rings is 1. The summed E-state index contributed by atoms with van der Waals surface area (Å²) in [5.74, 6) is -1.07. The van der Waals surface area contributed by atoms with Crippen LogP contribution in [0.4, 0.5) is 0 Å². The van der Waals surface area contributed by atoms with Gasteiger partial charge in [-0.05, 0) is 37.9 Å². The van der Waals surface area contributed by atoms with Crippen molar-refractivity contribution in [2.24, 2.45) is 0 Å². The van der Waals surface area contributed by atoms with Gasteiger partial charge < -0.3 is 14.3 Å². The Kier molecular flexibility index (Phi) is 4.21. The number of carboxylic acids is 1. The Morgan fingerprint density at radius 2 is 2.33 bits per heavy atom. The van der Waals surface area contributed by atoms with Crippen LogP contribution < -0.4 is 0 Å². The summed E-state index contributed by atoms with van der Waals surface area (Å²) in [5, 5.41) is 9.01. The molecule has 0 unspecified atom stereocenters. The molecule has 0 aliphatic rings. The largest absolute Gasteiger partial charge is 0.475 e. The zero-order chi connectivity index (χ0) is 13.3. The van der Waals surface area contributed by atoms with E-state index in [1.807, 2.05) is 6.07 Å². The third kappa shape index (κ3) is 2.66. The maximum absolute atomic E-state index is 11.0. The molecule has 5 nitrogen and oxygen atoms in total. The molecule has 18 heavy (non-hydrogen) atoms. The molecular weight excluding hydrogens is 390 g/mol. The second-order valence-corrected chi connectivity index (χ2v) is 6.49. The van der Waals surface area contributed by atoms with E-state index in [1.165, 1.54) is 18.4 Å². The van der Waals surface area contributed by atoms with Gasteiger partial charge in [0.05, 0.1) is 15.3 Å². The molecule has 2 aromatic heterocycles. The summed E-state index contributed by atoms with van der Waals surface area (Å²) in [6.45, 7) is 0.0961. The van der Waals surface area contributed by atoms with Gasteiger partial charge in [-0.3, -0.25) is 0 Å². The molecule has 0 aromatic carbocycles. The lowest BCUT2D eigenvalue weighted by Crippen LogP contribution is -2.00. The SMILES string of the molecule is COCc1nc(-c2cc(Br)c(Br)s2)oc1C(=O)O. The van der Waals surface area contributed by atoms with Crippen molar-refractivity contribution in [2.75, 3.05) is 7.11 Å². The van der Waals surface area contributed by atoms with Gasteiger partial charge in [-0.25, -0.2) is 9.78 Å². The Bertz CT molecular complexity index is 573. The Morgan fingerprint density at radius 1 is 1.61 bits per heavy atom. The quantitative estimate of drug-likeness (QED) is 0.851. The topological polar surface area (TPSA) is 72.6 Å². The van der Waals surface area contributed by atoms with E-state index in [0.29, 0.717) is 0 Å². The van der Waals surface area contributed by atoms with Crippen LogP contribution >= 0.6 is 43.2 Å². The third-order valence-electron chi connectivity index (χ3n) is 2.03. The number of aromatic nitrogens is 1. The molecule has 0 aliphatic carbocycles. The Balaban J connectivity index is 2.45. The van der Waals surface area contributed by atoms with Gasteiger partial charge in [0.2, 0.25) is 11.7 Å². The van der Waals surface area contributed by atoms with Gasteiger partial charge >= 0.3 is 5.97 Å². The number of hydrogen-bond acceptors (Lipinski definition) is 5. The molecule has 0 atom stereocenters. The highest BCUT2D eigenvalue weighted by molar-refractivity contribution is 9.13. The minimum atomic E-state index is -1.16. The highest BCUT2D eigenvalue weighted by atomic mass is 79.9. The smallest absolute Gasteiger partial charge is 0.373 e. The number of hydrogen-bond donors (Lipinski definition) is 1. The number of rotatable bonds is 4.